The molecular weight excluding hydrogens is 169 g/mol. The van der Waals surface area contributed by atoms with Gasteiger partial charge in [-0.3, -0.25) is 0 Å². The summed E-state index contributed by atoms with van der Waals surface area (Å²) in [5, 5.41) is 8.94. The Hall–Kier alpha value is -0.930. The van der Waals surface area contributed by atoms with Crippen LogP contribution in [0.5, 0.6) is 0 Å². The van der Waals surface area contributed by atoms with Gasteiger partial charge in [-0.25, -0.2) is 4.39 Å². The molecule has 0 aliphatic heterocycles. The summed E-state index contributed by atoms with van der Waals surface area (Å²) < 4.78 is 13.2. The Morgan fingerprint density at radius 3 is 2.77 bits per heavy atom. The molecule has 1 fully saturated rings. The minimum Gasteiger partial charge on any atom is -0.394 e. The monoisotopic (exact) mass is 181 g/mol. The van der Waals surface area contributed by atoms with E-state index in [0.717, 1.165) is 0 Å². The quantitative estimate of drug-likeness (QED) is 0.715. The van der Waals surface area contributed by atoms with E-state index in [1.165, 1.54) is 6.07 Å². The Labute approximate surface area is 76.2 Å². The van der Waals surface area contributed by atoms with Crippen molar-refractivity contribution >= 4 is 0 Å². The predicted octanol–water partition coefficient (Wildman–Crippen LogP) is 1.00. The fourth-order valence-electron chi connectivity index (χ4n) is 1.67. The molecule has 13 heavy (non-hydrogen) atoms. The number of hydrogen-bond acceptors (Lipinski definition) is 2. The molecule has 2 nitrogen and oxygen atoms in total. The van der Waals surface area contributed by atoms with E-state index in [1.54, 1.807) is 18.2 Å². The molecule has 1 saturated carbocycles. The molecule has 1 aliphatic rings. The Balaban J connectivity index is 2.25. The van der Waals surface area contributed by atoms with Crippen LogP contribution >= 0.6 is 0 Å². The SMILES string of the molecule is NC1(CO)CC1c1ccccc1F. The zero-order chi connectivity index (χ0) is 9.47. The van der Waals surface area contributed by atoms with Crippen molar-refractivity contribution in [2.45, 2.75) is 17.9 Å². The molecular formula is C10H12FNO. The first-order valence-electron chi connectivity index (χ1n) is 4.31. The highest BCUT2D eigenvalue weighted by Gasteiger charge is 2.52. The van der Waals surface area contributed by atoms with Gasteiger partial charge in [-0.05, 0) is 18.1 Å². The van der Waals surface area contributed by atoms with Crippen LogP contribution < -0.4 is 5.73 Å². The van der Waals surface area contributed by atoms with E-state index < -0.39 is 5.54 Å². The summed E-state index contributed by atoms with van der Waals surface area (Å²) in [6, 6.07) is 6.59. The Bertz CT molecular complexity index is 328. The molecule has 1 aromatic rings. The number of halogens is 1. The summed E-state index contributed by atoms with van der Waals surface area (Å²) in [5.41, 5.74) is 5.82. The molecule has 0 aromatic heterocycles. The normalized spacial score (nSPS) is 31.8. The highest BCUT2D eigenvalue weighted by Crippen LogP contribution is 2.49. The lowest BCUT2D eigenvalue weighted by Gasteiger charge is -2.07. The van der Waals surface area contributed by atoms with Crippen LogP contribution in [-0.4, -0.2) is 17.3 Å². The summed E-state index contributed by atoms with van der Waals surface area (Å²) in [6.45, 7) is -0.0774. The molecule has 3 N–H and O–H groups in total. The van der Waals surface area contributed by atoms with Crippen molar-refractivity contribution in [3.05, 3.63) is 35.6 Å². The fraction of sp³-hybridized carbons (Fsp3) is 0.400. The molecule has 1 aromatic carbocycles. The van der Waals surface area contributed by atoms with Gasteiger partial charge in [0, 0.05) is 11.5 Å². The molecule has 70 valence electrons. The molecule has 3 heteroatoms. The molecule has 0 spiro atoms. The number of aliphatic hydroxyl groups excluding tert-OH is 1. The van der Waals surface area contributed by atoms with Gasteiger partial charge in [0.1, 0.15) is 5.82 Å². The van der Waals surface area contributed by atoms with E-state index in [2.05, 4.69) is 0 Å². The van der Waals surface area contributed by atoms with Gasteiger partial charge >= 0.3 is 0 Å². The standard InChI is InChI=1S/C10H12FNO/c11-9-4-2-1-3-7(9)8-5-10(8,12)6-13/h1-4,8,13H,5-6,12H2. The minimum atomic E-state index is -0.581. The van der Waals surface area contributed by atoms with Crippen LogP contribution in [0, 0.1) is 5.82 Å². The van der Waals surface area contributed by atoms with Crippen molar-refractivity contribution in [1.82, 2.24) is 0 Å². The molecule has 1 aliphatic carbocycles. The molecule has 0 amide bonds. The average molecular weight is 181 g/mol. The molecule has 0 radical (unpaired) electrons. The number of nitrogens with two attached hydrogens (primary N) is 1. The van der Waals surface area contributed by atoms with Crippen LogP contribution in [0.1, 0.15) is 17.9 Å². The van der Waals surface area contributed by atoms with Crippen LogP contribution in [-0.2, 0) is 0 Å². The summed E-state index contributed by atoms with van der Waals surface area (Å²) >= 11 is 0. The van der Waals surface area contributed by atoms with Gasteiger partial charge in [0.25, 0.3) is 0 Å². The third-order valence-electron chi connectivity index (χ3n) is 2.69. The third-order valence-corrected chi connectivity index (χ3v) is 2.69. The Kier molecular flexibility index (Phi) is 1.86. The molecule has 0 bridgehead atoms. The number of aliphatic hydroxyl groups is 1. The minimum absolute atomic E-state index is 0.0151. The lowest BCUT2D eigenvalue weighted by atomic mass is 10.1. The van der Waals surface area contributed by atoms with E-state index in [0.29, 0.717) is 12.0 Å². The molecule has 2 unspecified atom stereocenters. The summed E-state index contributed by atoms with van der Waals surface area (Å²) in [6.07, 6.45) is 0.671. The van der Waals surface area contributed by atoms with Crippen molar-refractivity contribution in [1.29, 1.82) is 0 Å². The maximum absolute atomic E-state index is 13.2. The third kappa shape index (κ3) is 1.34. The first-order valence-corrected chi connectivity index (χ1v) is 4.31. The molecule has 0 saturated heterocycles. The maximum atomic E-state index is 13.2. The number of benzene rings is 1. The van der Waals surface area contributed by atoms with E-state index in [1.807, 2.05) is 0 Å². The summed E-state index contributed by atoms with van der Waals surface area (Å²) in [5.74, 6) is -0.244. The van der Waals surface area contributed by atoms with Crippen LogP contribution in [0.3, 0.4) is 0 Å². The largest absolute Gasteiger partial charge is 0.394 e. The highest BCUT2D eigenvalue weighted by atomic mass is 19.1. The van der Waals surface area contributed by atoms with E-state index in [-0.39, 0.29) is 18.3 Å². The van der Waals surface area contributed by atoms with Gasteiger partial charge in [-0.2, -0.15) is 0 Å². The van der Waals surface area contributed by atoms with Gasteiger partial charge in [0.15, 0.2) is 0 Å². The first kappa shape index (κ1) is 8.66. The summed E-state index contributed by atoms with van der Waals surface area (Å²) in [7, 11) is 0. The lowest BCUT2D eigenvalue weighted by Crippen LogP contribution is -2.28. The van der Waals surface area contributed by atoms with Crippen LogP contribution in [0.25, 0.3) is 0 Å². The van der Waals surface area contributed by atoms with E-state index in [9.17, 15) is 4.39 Å². The van der Waals surface area contributed by atoms with Gasteiger partial charge in [0.2, 0.25) is 0 Å². The zero-order valence-electron chi connectivity index (χ0n) is 7.20. The highest BCUT2D eigenvalue weighted by molar-refractivity contribution is 5.33. The maximum Gasteiger partial charge on any atom is 0.126 e. The van der Waals surface area contributed by atoms with Gasteiger partial charge in [-0.15, -0.1) is 0 Å². The average Bonchev–Trinajstić information content (AvgIpc) is 2.80. The van der Waals surface area contributed by atoms with E-state index in [4.69, 9.17) is 10.8 Å². The van der Waals surface area contributed by atoms with Crippen LogP contribution in [0.15, 0.2) is 24.3 Å². The number of hydrogen-bond donors (Lipinski definition) is 2. The van der Waals surface area contributed by atoms with Crippen LogP contribution in [0.2, 0.25) is 0 Å². The van der Waals surface area contributed by atoms with Gasteiger partial charge in [0.05, 0.1) is 6.61 Å². The van der Waals surface area contributed by atoms with Crippen molar-refractivity contribution < 1.29 is 9.50 Å². The lowest BCUT2D eigenvalue weighted by molar-refractivity contribution is 0.253. The second kappa shape index (κ2) is 2.79. The molecule has 0 heterocycles. The van der Waals surface area contributed by atoms with Crippen molar-refractivity contribution in [3.8, 4) is 0 Å². The van der Waals surface area contributed by atoms with Crippen molar-refractivity contribution in [3.63, 3.8) is 0 Å². The fourth-order valence-corrected chi connectivity index (χ4v) is 1.67. The Morgan fingerprint density at radius 2 is 2.23 bits per heavy atom. The van der Waals surface area contributed by atoms with Gasteiger partial charge < -0.3 is 10.8 Å². The first-order chi connectivity index (χ1) is 6.17. The summed E-state index contributed by atoms with van der Waals surface area (Å²) in [4.78, 5) is 0. The smallest absolute Gasteiger partial charge is 0.126 e. The second-order valence-electron chi connectivity index (χ2n) is 3.67. The Morgan fingerprint density at radius 1 is 1.54 bits per heavy atom. The van der Waals surface area contributed by atoms with E-state index >= 15 is 0 Å². The molecule has 2 atom stereocenters. The second-order valence-corrected chi connectivity index (χ2v) is 3.67. The zero-order valence-corrected chi connectivity index (χ0v) is 7.20. The number of rotatable bonds is 2. The molecule has 2 rings (SSSR count). The van der Waals surface area contributed by atoms with Gasteiger partial charge in [-0.1, -0.05) is 18.2 Å². The topological polar surface area (TPSA) is 46.2 Å². The van der Waals surface area contributed by atoms with Crippen molar-refractivity contribution in [2.75, 3.05) is 6.61 Å². The predicted molar refractivity (Wildman–Crippen MR) is 47.8 cm³/mol. The van der Waals surface area contributed by atoms with Crippen molar-refractivity contribution in [2.24, 2.45) is 5.73 Å². The van der Waals surface area contributed by atoms with Crippen LogP contribution in [0.4, 0.5) is 4.39 Å².